The third-order valence-corrected chi connectivity index (χ3v) is 7.60. The van der Waals surface area contributed by atoms with Gasteiger partial charge in [0, 0.05) is 55.3 Å². The van der Waals surface area contributed by atoms with Crippen LogP contribution < -0.4 is 10.9 Å². The monoisotopic (exact) mass is 484 g/mol. The second-order valence-corrected chi connectivity index (χ2v) is 9.69. The molecule has 0 aliphatic carbocycles. The number of nitrogens with one attached hydrogen (secondary N) is 1. The van der Waals surface area contributed by atoms with Gasteiger partial charge in [-0.2, -0.15) is 0 Å². The van der Waals surface area contributed by atoms with Gasteiger partial charge in [-0.05, 0) is 43.2 Å². The van der Waals surface area contributed by atoms with Crippen molar-refractivity contribution in [3.8, 4) is 0 Å². The number of nitrogens with zero attached hydrogens (tertiary/aromatic N) is 3. The van der Waals surface area contributed by atoms with Crippen molar-refractivity contribution in [1.29, 1.82) is 0 Å². The fourth-order valence-corrected chi connectivity index (χ4v) is 5.90. The number of pyridine rings is 2. The normalized spacial score (nSPS) is 24.0. The van der Waals surface area contributed by atoms with Gasteiger partial charge in [-0.15, -0.1) is 0 Å². The molecule has 5 rings (SSSR count). The Morgan fingerprint density at radius 3 is 2.69 bits per heavy atom. The molecule has 4 heterocycles. The zero-order valence-electron chi connectivity index (χ0n) is 20.6. The predicted octanol–water partition coefficient (Wildman–Crippen LogP) is 3.32. The molecule has 7 heteroatoms. The molecule has 2 aliphatic rings. The van der Waals surface area contributed by atoms with Crippen molar-refractivity contribution in [1.82, 2.24) is 19.8 Å². The number of aliphatic hydroxyl groups is 1. The SMILES string of the molecule is C/C=C/c1ccc2n(c1=O)C[C@H]1[C@H](CO)[C@@H](C(=O)N[C@H](C)c3ccccc3)[C@@H]2N1Cc1cccnc1. The van der Waals surface area contributed by atoms with Gasteiger partial charge in [0.2, 0.25) is 5.91 Å². The van der Waals surface area contributed by atoms with Gasteiger partial charge < -0.3 is 15.0 Å². The molecule has 3 aromatic rings. The Labute approximate surface area is 211 Å². The molecule has 0 saturated carbocycles. The summed E-state index contributed by atoms with van der Waals surface area (Å²) < 4.78 is 1.81. The molecule has 1 amide bonds. The quantitative estimate of drug-likeness (QED) is 0.537. The molecule has 1 saturated heterocycles. The first kappa shape index (κ1) is 24.2. The van der Waals surface area contributed by atoms with Gasteiger partial charge >= 0.3 is 0 Å². The average Bonchev–Trinajstić information content (AvgIpc) is 3.10. The summed E-state index contributed by atoms with van der Waals surface area (Å²) in [5.41, 5.74) is 3.44. The fourth-order valence-electron chi connectivity index (χ4n) is 5.90. The van der Waals surface area contributed by atoms with E-state index in [1.165, 1.54) is 0 Å². The topological polar surface area (TPSA) is 87.5 Å². The highest BCUT2D eigenvalue weighted by Gasteiger charge is 2.55. The molecule has 186 valence electrons. The van der Waals surface area contributed by atoms with E-state index in [-0.39, 0.29) is 42.1 Å². The lowest BCUT2D eigenvalue weighted by Gasteiger charge is -2.38. The number of carbonyl (C=O) groups is 1. The number of amides is 1. The Balaban J connectivity index is 1.55. The highest BCUT2D eigenvalue weighted by atomic mass is 16.3. The summed E-state index contributed by atoms with van der Waals surface area (Å²) in [6, 6.07) is 16.9. The van der Waals surface area contributed by atoms with Gasteiger partial charge in [-0.1, -0.05) is 48.6 Å². The van der Waals surface area contributed by atoms with Gasteiger partial charge in [0.05, 0.1) is 18.0 Å². The van der Waals surface area contributed by atoms with E-state index < -0.39 is 5.92 Å². The van der Waals surface area contributed by atoms with E-state index in [4.69, 9.17) is 0 Å². The van der Waals surface area contributed by atoms with Crippen molar-refractivity contribution in [2.24, 2.45) is 11.8 Å². The largest absolute Gasteiger partial charge is 0.396 e. The number of aliphatic hydroxyl groups excluding tert-OH is 1. The molecule has 36 heavy (non-hydrogen) atoms. The summed E-state index contributed by atoms with van der Waals surface area (Å²) in [6.07, 6.45) is 7.24. The van der Waals surface area contributed by atoms with Crippen molar-refractivity contribution < 1.29 is 9.90 Å². The Morgan fingerprint density at radius 1 is 1.19 bits per heavy atom. The number of rotatable bonds is 7. The van der Waals surface area contributed by atoms with Crippen LogP contribution in [0.15, 0.2) is 77.9 Å². The smallest absolute Gasteiger partial charge is 0.258 e. The van der Waals surface area contributed by atoms with Crippen LogP contribution in [0, 0.1) is 11.8 Å². The molecule has 2 aromatic heterocycles. The highest BCUT2D eigenvalue weighted by Crippen LogP contribution is 2.49. The summed E-state index contributed by atoms with van der Waals surface area (Å²) in [7, 11) is 0. The number of carbonyl (C=O) groups excluding carboxylic acids is 1. The maximum absolute atomic E-state index is 13.8. The molecule has 0 spiro atoms. The molecule has 2 aliphatic heterocycles. The molecular formula is C29H32N4O3. The lowest BCUT2D eigenvalue weighted by Crippen LogP contribution is -2.46. The van der Waals surface area contributed by atoms with Crippen LogP contribution in [-0.4, -0.2) is 38.1 Å². The fraction of sp³-hybridized carbons (Fsp3) is 0.345. The number of allylic oxidation sites excluding steroid dienone is 1. The average molecular weight is 485 g/mol. The van der Waals surface area contributed by atoms with Gasteiger partial charge in [0.1, 0.15) is 0 Å². The lowest BCUT2D eigenvalue weighted by molar-refractivity contribution is -0.128. The molecular weight excluding hydrogens is 452 g/mol. The minimum Gasteiger partial charge on any atom is -0.396 e. The van der Waals surface area contributed by atoms with Crippen LogP contribution in [0.2, 0.25) is 0 Å². The summed E-state index contributed by atoms with van der Waals surface area (Å²) in [4.78, 5) is 33.7. The van der Waals surface area contributed by atoms with E-state index in [1.807, 2.05) is 86.8 Å². The second kappa shape index (κ2) is 10.2. The third kappa shape index (κ3) is 4.29. The van der Waals surface area contributed by atoms with Gasteiger partial charge in [0.25, 0.3) is 5.56 Å². The highest BCUT2D eigenvalue weighted by molar-refractivity contribution is 5.81. The van der Waals surface area contributed by atoms with E-state index in [1.54, 1.807) is 10.8 Å². The van der Waals surface area contributed by atoms with Crippen LogP contribution in [0.4, 0.5) is 0 Å². The zero-order chi connectivity index (χ0) is 25.2. The lowest BCUT2D eigenvalue weighted by atomic mass is 9.86. The standard InChI is InChI=1S/C29H32N4O3/c1-3-8-22-12-13-24-27-26(28(35)31-19(2)21-10-5-4-6-11-21)23(18-34)25(17-33(24)29(22)36)32(27)16-20-9-7-14-30-15-20/h3-15,19,23,25-27,34H,16-18H2,1-2H3,(H,31,35)/b8-3+/t19-,23+,25+,26-,27-/m1/s1. The van der Waals surface area contributed by atoms with Crippen molar-refractivity contribution in [2.45, 2.75) is 45.1 Å². The molecule has 2 bridgehead atoms. The maximum Gasteiger partial charge on any atom is 0.258 e. The minimum atomic E-state index is -0.497. The number of hydrogen-bond acceptors (Lipinski definition) is 5. The van der Waals surface area contributed by atoms with E-state index in [0.29, 0.717) is 18.7 Å². The van der Waals surface area contributed by atoms with Crippen LogP contribution in [0.1, 0.15) is 48.3 Å². The number of hydrogen-bond donors (Lipinski definition) is 2. The van der Waals surface area contributed by atoms with Crippen LogP contribution in [-0.2, 0) is 17.9 Å². The molecule has 1 fully saturated rings. The van der Waals surface area contributed by atoms with Crippen LogP contribution in [0.3, 0.4) is 0 Å². The van der Waals surface area contributed by atoms with Gasteiger partial charge in [0.15, 0.2) is 0 Å². The van der Waals surface area contributed by atoms with E-state index in [0.717, 1.165) is 16.8 Å². The summed E-state index contributed by atoms with van der Waals surface area (Å²) in [5, 5.41) is 13.7. The molecule has 1 aromatic carbocycles. The van der Waals surface area contributed by atoms with Crippen molar-refractivity contribution in [3.63, 3.8) is 0 Å². The first-order valence-corrected chi connectivity index (χ1v) is 12.5. The Bertz CT molecular complexity index is 1310. The van der Waals surface area contributed by atoms with Gasteiger partial charge in [-0.25, -0.2) is 0 Å². The molecule has 2 N–H and O–H groups in total. The van der Waals surface area contributed by atoms with E-state index in [2.05, 4.69) is 15.2 Å². The first-order valence-electron chi connectivity index (χ1n) is 12.5. The second-order valence-electron chi connectivity index (χ2n) is 9.69. The van der Waals surface area contributed by atoms with E-state index in [9.17, 15) is 14.7 Å². The summed E-state index contributed by atoms with van der Waals surface area (Å²) in [5.74, 6) is -0.907. The van der Waals surface area contributed by atoms with Crippen LogP contribution in [0.25, 0.3) is 6.08 Å². The maximum atomic E-state index is 13.8. The van der Waals surface area contributed by atoms with Crippen LogP contribution in [0.5, 0.6) is 0 Å². The third-order valence-electron chi connectivity index (χ3n) is 7.60. The van der Waals surface area contributed by atoms with Crippen molar-refractivity contribution in [2.75, 3.05) is 6.61 Å². The minimum absolute atomic E-state index is 0.0583. The Hall–Kier alpha value is -3.55. The molecule has 0 unspecified atom stereocenters. The van der Waals surface area contributed by atoms with Gasteiger partial charge in [-0.3, -0.25) is 19.5 Å². The van der Waals surface area contributed by atoms with Crippen molar-refractivity contribution >= 4 is 12.0 Å². The Morgan fingerprint density at radius 2 is 2.00 bits per heavy atom. The summed E-state index contributed by atoms with van der Waals surface area (Å²) >= 11 is 0. The zero-order valence-corrected chi connectivity index (χ0v) is 20.6. The summed E-state index contributed by atoms with van der Waals surface area (Å²) in [6.45, 7) is 4.74. The number of fused-ring (bicyclic) bond motifs is 4. The molecule has 7 nitrogen and oxygen atoms in total. The number of aromatic nitrogens is 2. The predicted molar refractivity (Wildman–Crippen MR) is 139 cm³/mol. The van der Waals surface area contributed by atoms with Crippen LogP contribution >= 0.6 is 0 Å². The molecule has 5 atom stereocenters. The first-order chi connectivity index (χ1) is 17.5. The number of benzene rings is 1. The Kier molecular flexibility index (Phi) is 6.85. The molecule has 0 radical (unpaired) electrons. The van der Waals surface area contributed by atoms with E-state index >= 15 is 0 Å². The van der Waals surface area contributed by atoms with Crippen molar-refractivity contribution in [3.05, 3.63) is 106 Å².